The lowest BCUT2D eigenvalue weighted by Gasteiger charge is -2.32. The summed E-state index contributed by atoms with van der Waals surface area (Å²) in [6.07, 6.45) is -2.54. The van der Waals surface area contributed by atoms with E-state index in [1.165, 1.54) is 30.5 Å². The summed E-state index contributed by atoms with van der Waals surface area (Å²) >= 11 is 6.12. The topological polar surface area (TPSA) is 107 Å². The number of alkyl halides is 3. The van der Waals surface area contributed by atoms with Crippen molar-refractivity contribution in [3.05, 3.63) is 76.4 Å². The zero-order valence-corrected chi connectivity index (χ0v) is 25.8. The summed E-state index contributed by atoms with van der Waals surface area (Å²) in [7, 11) is -4.37. The van der Waals surface area contributed by atoms with E-state index >= 15 is 8.78 Å². The standard InChI is InChI=1S/C31H29ClF5N5O3S/c32-19-14-22-21(2-6-26(22)43)27(15-19)46(44,45)41-25-5-3-23(33)28(29(25)34)17-1-4-24-18(13-17)16-38-30(40-24)39-20-7-10-42(11-8-20)12-9-31(35,36)37/h1,3-5,13-16,20,26,41,43H,2,6-12H2,(H,38,39,40). The lowest BCUT2D eigenvalue weighted by molar-refractivity contribution is -0.138. The van der Waals surface area contributed by atoms with Crippen LogP contribution < -0.4 is 10.0 Å². The lowest BCUT2D eigenvalue weighted by atomic mass is 10.0. The van der Waals surface area contributed by atoms with E-state index in [0.29, 0.717) is 66.8 Å². The number of aliphatic hydroxyl groups excluding tert-OH is 1. The lowest BCUT2D eigenvalue weighted by Crippen LogP contribution is -2.40. The smallest absolute Gasteiger partial charge is 0.388 e. The molecule has 2 heterocycles. The third-order valence-electron chi connectivity index (χ3n) is 8.36. The van der Waals surface area contributed by atoms with Crippen LogP contribution in [0.25, 0.3) is 22.0 Å². The predicted octanol–water partition coefficient (Wildman–Crippen LogP) is 6.84. The van der Waals surface area contributed by atoms with Gasteiger partial charge in [0.25, 0.3) is 10.0 Å². The van der Waals surface area contributed by atoms with Gasteiger partial charge in [-0.1, -0.05) is 17.7 Å². The molecule has 0 bridgehead atoms. The number of fused-ring (bicyclic) bond motifs is 2. The van der Waals surface area contributed by atoms with Gasteiger partial charge in [0.1, 0.15) is 5.82 Å². The minimum Gasteiger partial charge on any atom is -0.388 e. The molecule has 0 saturated carbocycles. The number of piperidine rings is 1. The Bertz CT molecular complexity index is 1900. The Morgan fingerprint density at radius 2 is 1.80 bits per heavy atom. The molecular weight excluding hydrogens is 653 g/mol. The van der Waals surface area contributed by atoms with Gasteiger partial charge in [0, 0.05) is 42.3 Å². The van der Waals surface area contributed by atoms with E-state index in [0.717, 1.165) is 12.1 Å². The van der Waals surface area contributed by atoms with Gasteiger partial charge >= 0.3 is 6.18 Å². The highest BCUT2D eigenvalue weighted by Gasteiger charge is 2.31. The molecule has 8 nitrogen and oxygen atoms in total. The van der Waals surface area contributed by atoms with E-state index < -0.39 is 51.6 Å². The Morgan fingerprint density at radius 3 is 2.54 bits per heavy atom. The van der Waals surface area contributed by atoms with Gasteiger partial charge in [-0.15, -0.1) is 0 Å². The van der Waals surface area contributed by atoms with Gasteiger partial charge in [0.05, 0.1) is 34.2 Å². The fraction of sp³-hybridized carbons (Fsp3) is 0.355. The second-order valence-electron chi connectivity index (χ2n) is 11.5. The Hall–Kier alpha value is -3.59. The number of aromatic nitrogens is 2. The summed E-state index contributed by atoms with van der Waals surface area (Å²) < 4.78 is 97.4. The van der Waals surface area contributed by atoms with Crippen LogP contribution in [0.3, 0.4) is 0 Å². The maximum absolute atomic E-state index is 15.8. The first-order valence-corrected chi connectivity index (χ1v) is 16.5. The molecule has 46 heavy (non-hydrogen) atoms. The highest BCUT2D eigenvalue weighted by atomic mass is 35.5. The fourth-order valence-corrected chi connectivity index (χ4v) is 7.67. The summed E-state index contributed by atoms with van der Waals surface area (Å²) in [5.41, 5.74) is 0.485. The van der Waals surface area contributed by atoms with Crippen molar-refractivity contribution in [1.29, 1.82) is 0 Å². The highest BCUT2D eigenvalue weighted by molar-refractivity contribution is 7.92. The van der Waals surface area contributed by atoms with Crippen molar-refractivity contribution in [2.75, 3.05) is 29.7 Å². The van der Waals surface area contributed by atoms with E-state index in [1.54, 1.807) is 11.0 Å². The molecule has 1 aliphatic heterocycles. The molecule has 15 heteroatoms. The maximum Gasteiger partial charge on any atom is 0.390 e. The number of benzene rings is 3. The summed E-state index contributed by atoms with van der Waals surface area (Å²) in [6.45, 7) is 0.999. The molecular formula is C31H29ClF5N5O3S. The van der Waals surface area contributed by atoms with Crippen LogP contribution in [-0.2, 0) is 16.4 Å². The van der Waals surface area contributed by atoms with Gasteiger partial charge in [-0.25, -0.2) is 27.2 Å². The highest BCUT2D eigenvalue weighted by Crippen LogP contribution is 2.39. The van der Waals surface area contributed by atoms with Gasteiger partial charge in [-0.3, -0.25) is 4.72 Å². The van der Waals surface area contributed by atoms with Crippen molar-refractivity contribution < 1.29 is 35.5 Å². The van der Waals surface area contributed by atoms with Crippen LogP contribution in [0.2, 0.25) is 5.02 Å². The third-order valence-corrected chi connectivity index (χ3v) is 10.0. The van der Waals surface area contributed by atoms with Gasteiger partial charge < -0.3 is 15.3 Å². The fourth-order valence-electron chi connectivity index (χ4n) is 6.00. The van der Waals surface area contributed by atoms with E-state index in [1.807, 2.05) is 0 Å². The molecule has 1 saturated heterocycles. The van der Waals surface area contributed by atoms with E-state index in [4.69, 9.17) is 11.6 Å². The van der Waals surface area contributed by atoms with E-state index in [9.17, 15) is 26.7 Å². The molecule has 0 radical (unpaired) electrons. The van der Waals surface area contributed by atoms with Gasteiger partial charge in [0.2, 0.25) is 5.95 Å². The van der Waals surface area contributed by atoms with Crippen LogP contribution in [0.4, 0.5) is 33.6 Å². The molecule has 244 valence electrons. The molecule has 0 spiro atoms. The van der Waals surface area contributed by atoms with Crippen molar-refractivity contribution >= 4 is 44.2 Å². The second kappa shape index (κ2) is 12.5. The number of sulfonamides is 1. The Kier molecular flexibility index (Phi) is 8.83. The molecule has 6 rings (SSSR count). The number of hydrogen-bond acceptors (Lipinski definition) is 7. The zero-order chi connectivity index (χ0) is 32.8. The Morgan fingerprint density at radius 1 is 1.04 bits per heavy atom. The van der Waals surface area contributed by atoms with Crippen LogP contribution >= 0.6 is 11.6 Å². The van der Waals surface area contributed by atoms with Crippen LogP contribution in [0.5, 0.6) is 0 Å². The number of aliphatic hydroxyl groups is 1. The number of nitrogens with one attached hydrogen (secondary N) is 2. The molecule has 1 aromatic heterocycles. The maximum atomic E-state index is 15.8. The molecule has 1 aliphatic carbocycles. The van der Waals surface area contributed by atoms with E-state index in [-0.39, 0.29) is 28.1 Å². The van der Waals surface area contributed by atoms with Crippen LogP contribution in [0.1, 0.15) is 42.9 Å². The first-order valence-electron chi connectivity index (χ1n) is 14.6. The molecule has 0 amide bonds. The number of likely N-dealkylation sites (tertiary alicyclic amines) is 1. The SMILES string of the molecule is O=S(=O)(Nc1ccc(F)c(-c2ccc3nc(NC4CCN(CCC(F)(F)F)CC4)ncc3c2)c1F)c1cc(Cl)cc2c1CCC2O. The minimum absolute atomic E-state index is 0.0217. The number of nitrogens with zero attached hydrogens (tertiary/aromatic N) is 3. The molecule has 1 unspecified atom stereocenters. The zero-order valence-electron chi connectivity index (χ0n) is 24.2. The summed E-state index contributed by atoms with van der Waals surface area (Å²) in [4.78, 5) is 10.4. The van der Waals surface area contributed by atoms with E-state index in [2.05, 4.69) is 20.0 Å². The molecule has 4 aromatic rings. The van der Waals surface area contributed by atoms with Crippen LogP contribution in [-0.4, -0.2) is 60.2 Å². The summed E-state index contributed by atoms with van der Waals surface area (Å²) in [5, 5.41) is 14.0. The molecule has 2 aliphatic rings. The first kappa shape index (κ1) is 32.4. The van der Waals surface area contributed by atoms with Crippen LogP contribution in [0.15, 0.2) is 53.6 Å². The molecule has 3 N–H and O–H groups in total. The second-order valence-corrected chi connectivity index (χ2v) is 13.6. The largest absolute Gasteiger partial charge is 0.390 e. The first-order chi connectivity index (χ1) is 21.8. The number of anilines is 2. The monoisotopic (exact) mass is 681 g/mol. The van der Waals surface area contributed by atoms with Crippen molar-refractivity contribution in [3.63, 3.8) is 0 Å². The van der Waals surface area contributed by atoms with Crippen molar-refractivity contribution in [1.82, 2.24) is 14.9 Å². The third kappa shape index (κ3) is 6.89. The van der Waals surface area contributed by atoms with Gasteiger partial charge in [-0.05, 0) is 78.8 Å². The van der Waals surface area contributed by atoms with Crippen molar-refractivity contribution in [2.45, 2.75) is 55.3 Å². The predicted molar refractivity (Wildman–Crippen MR) is 164 cm³/mol. The average Bonchev–Trinajstić information content (AvgIpc) is 3.37. The van der Waals surface area contributed by atoms with Gasteiger partial charge in [-0.2, -0.15) is 13.2 Å². The quantitative estimate of drug-likeness (QED) is 0.175. The van der Waals surface area contributed by atoms with Crippen molar-refractivity contribution in [2.24, 2.45) is 0 Å². The van der Waals surface area contributed by atoms with Crippen LogP contribution in [0, 0.1) is 11.6 Å². The minimum atomic E-state index is -4.37. The summed E-state index contributed by atoms with van der Waals surface area (Å²) in [6, 6.07) is 9.18. The Balaban J connectivity index is 1.19. The molecule has 1 fully saturated rings. The summed E-state index contributed by atoms with van der Waals surface area (Å²) in [5.74, 6) is -1.71. The van der Waals surface area contributed by atoms with Crippen molar-refractivity contribution in [3.8, 4) is 11.1 Å². The molecule has 1 atom stereocenters. The normalized spacial score (nSPS) is 17.8. The number of hydrogen-bond donors (Lipinski definition) is 3. The number of rotatable bonds is 8. The average molecular weight is 682 g/mol. The van der Waals surface area contributed by atoms with Gasteiger partial charge in [0.15, 0.2) is 5.82 Å². The molecule has 3 aromatic carbocycles. The number of halogens is 6. The Labute approximate surface area is 266 Å².